The molecule has 1 atom stereocenters. The Balaban J connectivity index is 1.91. The van der Waals surface area contributed by atoms with Crippen LogP contribution in [0, 0.1) is 12.8 Å². The van der Waals surface area contributed by atoms with Gasteiger partial charge < -0.3 is 15.3 Å². The first-order chi connectivity index (χ1) is 8.95. The number of carbonyl (C=O) groups is 2. The van der Waals surface area contributed by atoms with E-state index in [9.17, 15) is 9.59 Å². The molecule has 0 aliphatic carbocycles. The van der Waals surface area contributed by atoms with Gasteiger partial charge >= 0.3 is 12.0 Å². The first-order valence-corrected chi connectivity index (χ1v) is 6.23. The zero-order valence-electron chi connectivity index (χ0n) is 11.1. The van der Waals surface area contributed by atoms with Gasteiger partial charge in [0.15, 0.2) is 0 Å². The third kappa shape index (κ3) is 3.24. The van der Waals surface area contributed by atoms with Crippen LogP contribution in [0.5, 0.6) is 0 Å². The van der Waals surface area contributed by atoms with Crippen molar-refractivity contribution >= 4 is 17.7 Å². The van der Waals surface area contributed by atoms with E-state index in [-0.39, 0.29) is 18.4 Å². The predicted molar refractivity (Wildman–Crippen MR) is 68.9 cm³/mol. The lowest BCUT2D eigenvalue weighted by Gasteiger charge is -2.16. The number of nitrogens with zero attached hydrogens (tertiary/aromatic N) is 3. The summed E-state index contributed by atoms with van der Waals surface area (Å²) in [6, 6.07) is -0.191. The molecule has 7 nitrogen and oxygen atoms in total. The van der Waals surface area contributed by atoms with Crippen molar-refractivity contribution in [3.8, 4) is 0 Å². The fourth-order valence-corrected chi connectivity index (χ4v) is 2.35. The van der Waals surface area contributed by atoms with Gasteiger partial charge in [0.2, 0.25) is 0 Å². The fraction of sp³-hybridized carbons (Fsp3) is 0.583. The second-order valence-corrected chi connectivity index (χ2v) is 4.93. The smallest absolute Gasteiger partial charge is 0.321 e. The van der Waals surface area contributed by atoms with E-state index in [4.69, 9.17) is 5.11 Å². The number of rotatable bonds is 3. The maximum Gasteiger partial charge on any atom is 0.321 e. The quantitative estimate of drug-likeness (QED) is 0.856. The number of aryl methyl sites for hydroxylation is 2. The molecular formula is C12H18N4O3. The van der Waals surface area contributed by atoms with Gasteiger partial charge in [-0.1, -0.05) is 0 Å². The number of aliphatic carboxylic acids is 1. The topological polar surface area (TPSA) is 87.5 Å². The molecule has 1 aliphatic rings. The van der Waals surface area contributed by atoms with E-state index in [1.807, 2.05) is 6.92 Å². The third-order valence-electron chi connectivity index (χ3n) is 3.29. The Morgan fingerprint density at radius 2 is 2.32 bits per heavy atom. The average Bonchev–Trinajstić information content (AvgIpc) is 2.86. The highest BCUT2D eigenvalue weighted by atomic mass is 16.4. The van der Waals surface area contributed by atoms with Crippen molar-refractivity contribution in [2.45, 2.75) is 19.8 Å². The maximum atomic E-state index is 12.0. The molecule has 19 heavy (non-hydrogen) atoms. The number of nitrogens with one attached hydrogen (secondary N) is 1. The lowest BCUT2D eigenvalue weighted by Crippen LogP contribution is -2.33. The second-order valence-electron chi connectivity index (χ2n) is 4.93. The molecule has 1 unspecified atom stereocenters. The Labute approximate surface area is 111 Å². The third-order valence-corrected chi connectivity index (χ3v) is 3.29. The number of aromatic nitrogens is 2. The minimum Gasteiger partial charge on any atom is -0.481 e. The molecule has 7 heteroatoms. The zero-order valence-corrected chi connectivity index (χ0v) is 11.1. The fourth-order valence-electron chi connectivity index (χ4n) is 2.35. The average molecular weight is 266 g/mol. The van der Waals surface area contributed by atoms with Crippen LogP contribution >= 0.6 is 0 Å². The van der Waals surface area contributed by atoms with Crippen LogP contribution in [-0.2, 0) is 11.8 Å². The molecule has 1 aliphatic heterocycles. The number of carboxylic acid groups (broad SMARTS) is 1. The number of carboxylic acids is 1. The number of hydrogen-bond donors (Lipinski definition) is 2. The predicted octanol–water partition coefficient (Wildman–Crippen LogP) is 1.06. The van der Waals surface area contributed by atoms with Crippen molar-refractivity contribution in [1.82, 2.24) is 14.7 Å². The molecule has 1 saturated heterocycles. The highest BCUT2D eigenvalue weighted by Gasteiger charge is 2.28. The number of urea groups is 1. The first-order valence-electron chi connectivity index (χ1n) is 6.23. The summed E-state index contributed by atoms with van der Waals surface area (Å²) in [5.74, 6) is -0.756. The summed E-state index contributed by atoms with van der Waals surface area (Å²) in [5, 5.41) is 15.7. The molecule has 0 bridgehead atoms. The number of amides is 2. The van der Waals surface area contributed by atoms with Crippen LogP contribution in [-0.4, -0.2) is 44.9 Å². The second kappa shape index (κ2) is 5.29. The van der Waals surface area contributed by atoms with Gasteiger partial charge in [-0.2, -0.15) is 5.10 Å². The van der Waals surface area contributed by atoms with Crippen molar-refractivity contribution in [1.29, 1.82) is 0 Å². The molecule has 2 amide bonds. The lowest BCUT2D eigenvalue weighted by molar-refractivity contribution is -0.138. The van der Waals surface area contributed by atoms with E-state index < -0.39 is 5.97 Å². The Hall–Kier alpha value is -2.05. The first kappa shape index (κ1) is 13.4. The van der Waals surface area contributed by atoms with Gasteiger partial charge in [-0.15, -0.1) is 0 Å². The Morgan fingerprint density at radius 1 is 1.58 bits per heavy atom. The van der Waals surface area contributed by atoms with E-state index in [0.717, 1.165) is 12.1 Å². The molecule has 1 fully saturated rings. The molecule has 0 aromatic carbocycles. The van der Waals surface area contributed by atoms with Gasteiger partial charge in [0.1, 0.15) is 0 Å². The Morgan fingerprint density at radius 3 is 2.89 bits per heavy atom. The summed E-state index contributed by atoms with van der Waals surface area (Å²) >= 11 is 0. The van der Waals surface area contributed by atoms with Crippen LogP contribution in [0.1, 0.15) is 18.5 Å². The van der Waals surface area contributed by atoms with E-state index >= 15 is 0 Å². The molecule has 1 aromatic heterocycles. The Bertz CT molecular complexity index is 497. The monoisotopic (exact) mass is 266 g/mol. The van der Waals surface area contributed by atoms with E-state index in [1.165, 1.54) is 0 Å². The number of hydrogen-bond acceptors (Lipinski definition) is 3. The minimum atomic E-state index is -0.810. The molecule has 0 saturated carbocycles. The van der Waals surface area contributed by atoms with Gasteiger partial charge in [0.05, 0.1) is 11.4 Å². The highest BCUT2D eigenvalue weighted by molar-refractivity contribution is 5.90. The molecule has 0 radical (unpaired) electrons. The maximum absolute atomic E-state index is 12.0. The largest absolute Gasteiger partial charge is 0.481 e. The molecule has 2 N–H and O–H groups in total. The van der Waals surface area contributed by atoms with Gasteiger partial charge in [-0.05, 0) is 19.3 Å². The molecule has 1 aromatic rings. The summed E-state index contributed by atoms with van der Waals surface area (Å²) in [4.78, 5) is 24.3. The van der Waals surface area contributed by atoms with Gasteiger partial charge in [0, 0.05) is 32.8 Å². The summed E-state index contributed by atoms with van der Waals surface area (Å²) in [6.45, 7) is 2.92. The van der Waals surface area contributed by atoms with E-state index in [0.29, 0.717) is 18.8 Å². The summed E-state index contributed by atoms with van der Waals surface area (Å²) in [7, 11) is 1.79. The summed E-state index contributed by atoms with van der Waals surface area (Å²) in [6.07, 6.45) is 2.61. The number of likely N-dealkylation sites (tertiary alicyclic amines) is 1. The number of anilines is 1. The molecule has 2 heterocycles. The summed E-state index contributed by atoms with van der Waals surface area (Å²) in [5.41, 5.74) is 1.45. The standard InChI is InChI=1S/C12H18N4O3/c1-8-10(7-15(2)14-8)13-12(19)16-4-3-9(6-16)5-11(17)18/h7,9H,3-6H2,1-2H3,(H,13,19)(H,17,18). The molecule has 0 spiro atoms. The summed E-state index contributed by atoms with van der Waals surface area (Å²) < 4.78 is 1.64. The van der Waals surface area contributed by atoms with Crippen molar-refractivity contribution in [2.24, 2.45) is 13.0 Å². The van der Waals surface area contributed by atoms with Crippen molar-refractivity contribution in [2.75, 3.05) is 18.4 Å². The normalized spacial score (nSPS) is 18.6. The van der Waals surface area contributed by atoms with E-state index in [2.05, 4.69) is 10.4 Å². The lowest BCUT2D eigenvalue weighted by atomic mass is 10.1. The van der Waals surface area contributed by atoms with E-state index in [1.54, 1.807) is 22.8 Å². The molecular weight excluding hydrogens is 248 g/mol. The van der Waals surface area contributed by atoms with Gasteiger partial charge in [-0.25, -0.2) is 4.79 Å². The molecule has 104 valence electrons. The van der Waals surface area contributed by atoms with Crippen LogP contribution in [0.25, 0.3) is 0 Å². The van der Waals surface area contributed by atoms with Gasteiger partial charge in [0.25, 0.3) is 0 Å². The van der Waals surface area contributed by atoms with Crippen molar-refractivity contribution < 1.29 is 14.7 Å². The van der Waals surface area contributed by atoms with Crippen molar-refractivity contribution in [3.63, 3.8) is 0 Å². The highest BCUT2D eigenvalue weighted by Crippen LogP contribution is 2.21. The molecule has 2 rings (SSSR count). The Kier molecular flexibility index (Phi) is 3.73. The number of carbonyl (C=O) groups excluding carboxylic acids is 1. The SMILES string of the molecule is Cc1nn(C)cc1NC(=O)N1CCC(CC(=O)O)C1. The van der Waals surface area contributed by atoms with Crippen LogP contribution in [0.15, 0.2) is 6.20 Å². The van der Waals surface area contributed by atoms with Crippen LogP contribution < -0.4 is 5.32 Å². The van der Waals surface area contributed by atoms with Crippen molar-refractivity contribution in [3.05, 3.63) is 11.9 Å². The van der Waals surface area contributed by atoms with Crippen LogP contribution in [0.3, 0.4) is 0 Å². The minimum absolute atomic E-state index is 0.0539. The van der Waals surface area contributed by atoms with Crippen LogP contribution in [0.2, 0.25) is 0 Å². The van der Waals surface area contributed by atoms with Crippen LogP contribution in [0.4, 0.5) is 10.5 Å². The van der Waals surface area contributed by atoms with Gasteiger partial charge in [-0.3, -0.25) is 9.48 Å². The zero-order chi connectivity index (χ0) is 14.0.